The van der Waals surface area contributed by atoms with E-state index in [-0.39, 0.29) is 5.54 Å². The summed E-state index contributed by atoms with van der Waals surface area (Å²) >= 11 is 0. The molecule has 1 fully saturated rings. The van der Waals surface area contributed by atoms with Gasteiger partial charge in [0.15, 0.2) is 0 Å². The fourth-order valence-electron chi connectivity index (χ4n) is 3.36. The SMILES string of the molecule is CC(C)C1CCCCC1(CN)NCCCCO. The summed E-state index contributed by atoms with van der Waals surface area (Å²) in [7, 11) is 0. The average molecular weight is 242 g/mol. The summed E-state index contributed by atoms with van der Waals surface area (Å²) in [4.78, 5) is 0. The summed E-state index contributed by atoms with van der Waals surface area (Å²) < 4.78 is 0. The normalized spacial score (nSPS) is 29.8. The fraction of sp³-hybridized carbons (Fsp3) is 1.00. The lowest BCUT2D eigenvalue weighted by atomic mass is 9.68. The van der Waals surface area contributed by atoms with Crippen molar-refractivity contribution in [1.82, 2.24) is 5.32 Å². The molecule has 1 aliphatic carbocycles. The molecule has 0 saturated heterocycles. The van der Waals surface area contributed by atoms with E-state index >= 15 is 0 Å². The molecular weight excluding hydrogens is 212 g/mol. The van der Waals surface area contributed by atoms with Crippen LogP contribution in [-0.2, 0) is 0 Å². The minimum absolute atomic E-state index is 0.155. The van der Waals surface area contributed by atoms with Crippen LogP contribution in [0.2, 0.25) is 0 Å². The van der Waals surface area contributed by atoms with Crippen molar-refractivity contribution in [3.63, 3.8) is 0 Å². The number of aliphatic hydroxyl groups excluding tert-OH is 1. The molecular formula is C14H30N2O. The van der Waals surface area contributed by atoms with Gasteiger partial charge in [0.1, 0.15) is 0 Å². The number of hydrogen-bond acceptors (Lipinski definition) is 3. The number of unbranched alkanes of at least 4 members (excludes halogenated alkanes) is 1. The zero-order valence-electron chi connectivity index (χ0n) is 11.5. The fourth-order valence-corrected chi connectivity index (χ4v) is 3.36. The summed E-state index contributed by atoms with van der Waals surface area (Å²) in [5.74, 6) is 1.40. The van der Waals surface area contributed by atoms with E-state index in [1.807, 2.05) is 0 Å². The maximum absolute atomic E-state index is 8.81. The van der Waals surface area contributed by atoms with Crippen molar-refractivity contribution in [1.29, 1.82) is 0 Å². The highest BCUT2D eigenvalue weighted by atomic mass is 16.2. The third-order valence-electron chi connectivity index (χ3n) is 4.33. The Hall–Kier alpha value is -0.120. The van der Waals surface area contributed by atoms with Crippen LogP contribution >= 0.6 is 0 Å². The lowest BCUT2D eigenvalue weighted by Gasteiger charge is -2.46. The van der Waals surface area contributed by atoms with Crippen LogP contribution in [0.5, 0.6) is 0 Å². The molecule has 3 heteroatoms. The highest BCUT2D eigenvalue weighted by Crippen LogP contribution is 2.37. The highest BCUT2D eigenvalue weighted by Gasteiger charge is 2.40. The van der Waals surface area contributed by atoms with Gasteiger partial charge < -0.3 is 16.2 Å². The molecule has 17 heavy (non-hydrogen) atoms. The van der Waals surface area contributed by atoms with Gasteiger partial charge >= 0.3 is 0 Å². The van der Waals surface area contributed by atoms with Crippen molar-refractivity contribution in [2.45, 2.75) is 57.9 Å². The predicted octanol–water partition coefficient (Wildman–Crippen LogP) is 1.89. The second-order valence-corrected chi connectivity index (χ2v) is 5.81. The van der Waals surface area contributed by atoms with Gasteiger partial charge in [0, 0.05) is 18.7 Å². The predicted molar refractivity (Wildman–Crippen MR) is 72.9 cm³/mol. The van der Waals surface area contributed by atoms with E-state index in [2.05, 4.69) is 19.2 Å². The van der Waals surface area contributed by atoms with E-state index in [0.717, 1.165) is 25.9 Å². The first-order valence-corrected chi connectivity index (χ1v) is 7.22. The average Bonchev–Trinajstić information content (AvgIpc) is 2.35. The van der Waals surface area contributed by atoms with Crippen molar-refractivity contribution < 1.29 is 5.11 Å². The Morgan fingerprint density at radius 1 is 1.35 bits per heavy atom. The monoisotopic (exact) mass is 242 g/mol. The van der Waals surface area contributed by atoms with Gasteiger partial charge in [-0.25, -0.2) is 0 Å². The largest absolute Gasteiger partial charge is 0.396 e. The van der Waals surface area contributed by atoms with E-state index in [1.54, 1.807) is 0 Å². The lowest BCUT2D eigenvalue weighted by Crippen LogP contribution is -2.59. The van der Waals surface area contributed by atoms with Crippen molar-refractivity contribution in [2.75, 3.05) is 19.7 Å². The molecule has 0 heterocycles. The molecule has 0 aromatic heterocycles. The molecule has 1 rings (SSSR count). The molecule has 2 unspecified atom stereocenters. The molecule has 0 spiro atoms. The minimum Gasteiger partial charge on any atom is -0.396 e. The van der Waals surface area contributed by atoms with Gasteiger partial charge in [-0.1, -0.05) is 26.7 Å². The van der Waals surface area contributed by atoms with Crippen molar-refractivity contribution >= 4 is 0 Å². The molecule has 0 radical (unpaired) electrons. The van der Waals surface area contributed by atoms with E-state index in [0.29, 0.717) is 18.4 Å². The van der Waals surface area contributed by atoms with Crippen LogP contribution in [0.15, 0.2) is 0 Å². The Labute approximate surface area is 106 Å². The van der Waals surface area contributed by atoms with Crippen LogP contribution in [0.1, 0.15) is 52.4 Å². The Kier molecular flexibility index (Phi) is 6.45. The van der Waals surface area contributed by atoms with Crippen LogP contribution in [0, 0.1) is 11.8 Å². The molecule has 0 aliphatic heterocycles. The number of hydrogen-bond donors (Lipinski definition) is 3. The van der Waals surface area contributed by atoms with Gasteiger partial charge in [-0.3, -0.25) is 0 Å². The minimum atomic E-state index is 0.155. The molecule has 0 aromatic rings. The van der Waals surface area contributed by atoms with E-state index in [9.17, 15) is 0 Å². The maximum Gasteiger partial charge on any atom is 0.0431 e. The molecule has 0 bridgehead atoms. The Morgan fingerprint density at radius 2 is 2.12 bits per heavy atom. The van der Waals surface area contributed by atoms with Crippen LogP contribution < -0.4 is 11.1 Å². The molecule has 1 aliphatic rings. The zero-order chi connectivity index (χ0) is 12.7. The Balaban J connectivity index is 2.55. The van der Waals surface area contributed by atoms with Crippen LogP contribution in [-0.4, -0.2) is 30.3 Å². The standard InChI is InChI=1S/C14H30N2O/c1-12(2)13-7-3-4-8-14(13,11-15)16-9-5-6-10-17/h12-13,16-17H,3-11,15H2,1-2H3. The topological polar surface area (TPSA) is 58.3 Å². The first-order valence-electron chi connectivity index (χ1n) is 7.22. The van der Waals surface area contributed by atoms with Crippen molar-refractivity contribution in [3.05, 3.63) is 0 Å². The third-order valence-corrected chi connectivity index (χ3v) is 4.33. The van der Waals surface area contributed by atoms with Crippen LogP contribution in [0.25, 0.3) is 0 Å². The molecule has 3 nitrogen and oxygen atoms in total. The molecule has 0 amide bonds. The Bertz CT molecular complexity index is 208. The van der Waals surface area contributed by atoms with Crippen molar-refractivity contribution in [3.8, 4) is 0 Å². The number of rotatable bonds is 7. The number of nitrogens with one attached hydrogen (secondary N) is 1. The second kappa shape index (κ2) is 7.34. The molecule has 102 valence electrons. The van der Waals surface area contributed by atoms with Gasteiger partial charge in [-0.15, -0.1) is 0 Å². The smallest absolute Gasteiger partial charge is 0.0431 e. The summed E-state index contributed by atoms with van der Waals surface area (Å²) in [6, 6.07) is 0. The molecule has 0 aromatic carbocycles. The van der Waals surface area contributed by atoms with Crippen LogP contribution in [0.4, 0.5) is 0 Å². The number of nitrogens with two attached hydrogens (primary N) is 1. The lowest BCUT2D eigenvalue weighted by molar-refractivity contribution is 0.108. The first-order chi connectivity index (χ1) is 8.16. The quantitative estimate of drug-likeness (QED) is 0.598. The van der Waals surface area contributed by atoms with Gasteiger partial charge in [0.2, 0.25) is 0 Å². The van der Waals surface area contributed by atoms with E-state index < -0.39 is 0 Å². The van der Waals surface area contributed by atoms with E-state index in [1.165, 1.54) is 25.7 Å². The molecule has 1 saturated carbocycles. The second-order valence-electron chi connectivity index (χ2n) is 5.81. The maximum atomic E-state index is 8.81. The molecule has 4 N–H and O–H groups in total. The van der Waals surface area contributed by atoms with Crippen molar-refractivity contribution in [2.24, 2.45) is 17.6 Å². The van der Waals surface area contributed by atoms with Gasteiger partial charge in [0.25, 0.3) is 0 Å². The van der Waals surface area contributed by atoms with Gasteiger partial charge in [0.05, 0.1) is 0 Å². The Morgan fingerprint density at radius 3 is 2.71 bits per heavy atom. The zero-order valence-corrected chi connectivity index (χ0v) is 11.5. The summed E-state index contributed by atoms with van der Waals surface area (Å²) in [5, 5.41) is 12.5. The number of aliphatic hydroxyl groups is 1. The van der Waals surface area contributed by atoms with Gasteiger partial charge in [-0.05, 0) is 44.1 Å². The summed E-state index contributed by atoms with van der Waals surface area (Å²) in [5.41, 5.74) is 6.22. The van der Waals surface area contributed by atoms with E-state index in [4.69, 9.17) is 10.8 Å². The summed E-state index contributed by atoms with van der Waals surface area (Å²) in [6.45, 7) is 6.66. The van der Waals surface area contributed by atoms with Gasteiger partial charge in [-0.2, -0.15) is 0 Å². The first kappa shape index (κ1) is 14.9. The van der Waals surface area contributed by atoms with Crippen LogP contribution in [0.3, 0.4) is 0 Å². The summed E-state index contributed by atoms with van der Waals surface area (Å²) in [6.07, 6.45) is 7.10. The molecule has 2 atom stereocenters. The highest BCUT2D eigenvalue weighted by molar-refractivity contribution is 4.99. The third kappa shape index (κ3) is 3.94.